The number of carboxylic acid groups (broad SMARTS) is 1. The van der Waals surface area contributed by atoms with Crippen molar-refractivity contribution in [1.82, 2.24) is 5.32 Å². The standard InChI is InChI=1S/C24H23NO6/c1-30-21-9-5-8-20(26)22(21)18-12-10-16(11-13-18)14-19(23(27)28)25-24(29)31-15-17-6-3-2-4-7-17/h2-13,19,26H,14-15H2,1H3,(H,25,29)(H,27,28)/t19-/m0/s1. The van der Waals surface area contributed by atoms with Crippen LogP contribution in [0.4, 0.5) is 4.79 Å². The normalized spacial score (nSPS) is 11.4. The zero-order valence-electron chi connectivity index (χ0n) is 16.9. The molecule has 1 atom stereocenters. The van der Waals surface area contributed by atoms with Crippen molar-refractivity contribution in [3.05, 3.63) is 83.9 Å². The van der Waals surface area contributed by atoms with E-state index in [0.717, 1.165) is 11.1 Å². The number of benzene rings is 3. The molecule has 0 aliphatic heterocycles. The number of carbonyl (C=O) groups excluding carboxylic acids is 1. The molecular formula is C24H23NO6. The van der Waals surface area contributed by atoms with Crippen LogP contribution < -0.4 is 10.1 Å². The van der Waals surface area contributed by atoms with Gasteiger partial charge in [0.25, 0.3) is 0 Å². The highest BCUT2D eigenvalue weighted by Gasteiger charge is 2.21. The summed E-state index contributed by atoms with van der Waals surface area (Å²) in [6.07, 6.45) is -0.722. The first-order valence-electron chi connectivity index (χ1n) is 9.63. The van der Waals surface area contributed by atoms with Gasteiger partial charge in [-0.15, -0.1) is 0 Å². The maximum atomic E-state index is 12.0. The predicted octanol–water partition coefficient (Wildman–Crippen LogP) is 3.99. The minimum Gasteiger partial charge on any atom is -0.507 e. The Bertz CT molecular complexity index is 1030. The maximum Gasteiger partial charge on any atom is 0.408 e. The number of aromatic hydroxyl groups is 1. The van der Waals surface area contributed by atoms with Crippen LogP contribution in [0.1, 0.15) is 11.1 Å². The number of phenols is 1. The molecule has 0 aliphatic carbocycles. The van der Waals surface area contributed by atoms with Gasteiger partial charge in [-0.1, -0.05) is 60.7 Å². The molecular weight excluding hydrogens is 398 g/mol. The van der Waals surface area contributed by atoms with Crippen LogP contribution in [-0.4, -0.2) is 35.4 Å². The molecule has 3 aromatic rings. The summed E-state index contributed by atoms with van der Waals surface area (Å²) in [5.41, 5.74) is 2.78. The smallest absolute Gasteiger partial charge is 0.408 e. The van der Waals surface area contributed by atoms with Crippen molar-refractivity contribution in [3.8, 4) is 22.6 Å². The monoisotopic (exact) mass is 421 g/mol. The molecule has 7 heteroatoms. The summed E-state index contributed by atoms with van der Waals surface area (Å²) in [5.74, 6) is -0.555. The lowest BCUT2D eigenvalue weighted by molar-refractivity contribution is -0.139. The number of nitrogens with one attached hydrogen (secondary N) is 1. The van der Waals surface area contributed by atoms with Crippen LogP contribution in [0.2, 0.25) is 0 Å². The quantitative estimate of drug-likeness (QED) is 0.508. The molecule has 0 unspecified atom stereocenters. The van der Waals surface area contributed by atoms with Crippen molar-refractivity contribution in [3.63, 3.8) is 0 Å². The number of rotatable bonds is 8. The van der Waals surface area contributed by atoms with Crippen LogP contribution in [0, 0.1) is 0 Å². The Balaban J connectivity index is 1.65. The number of phenolic OH excluding ortho intramolecular Hbond substituents is 1. The Morgan fingerprint density at radius 3 is 2.29 bits per heavy atom. The van der Waals surface area contributed by atoms with Gasteiger partial charge in [-0.25, -0.2) is 9.59 Å². The molecule has 0 fully saturated rings. The Labute approximate surface area is 179 Å². The molecule has 3 N–H and O–H groups in total. The number of carbonyl (C=O) groups is 2. The van der Waals surface area contributed by atoms with Crippen molar-refractivity contribution >= 4 is 12.1 Å². The van der Waals surface area contributed by atoms with E-state index in [-0.39, 0.29) is 18.8 Å². The summed E-state index contributed by atoms with van der Waals surface area (Å²) in [6, 6.07) is 20.0. The fourth-order valence-electron chi connectivity index (χ4n) is 3.13. The van der Waals surface area contributed by atoms with Crippen molar-refractivity contribution in [1.29, 1.82) is 0 Å². The largest absolute Gasteiger partial charge is 0.507 e. The lowest BCUT2D eigenvalue weighted by atomic mass is 9.99. The first-order valence-corrected chi connectivity index (χ1v) is 9.63. The Morgan fingerprint density at radius 2 is 1.65 bits per heavy atom. The number of hydrogen-bond acceptors (Lipinski definition) is 5. The van der Waals surface area contributed by atoms with Crippen LogP contribution in [-0.2, 0) is 22.6 Å². The number of hydrogen-bond donors (Lipinski definition) is 3. The van der Waals surface area contributed by atoms with Crippen molar-refractivity contribution < 1.29 is 29.3 Å². The average Bonchev–Trinajstić information content (AvgIpc) is 2.78. The maximum absolute atomic E-state index is 12.0. The second-order valence-electron chi connectivity index (χ2n) is 6.85. The van der Waals surface area contributed by atoms with Gasteiger partial charge in [-0.05, 0) is 28.8 Å². The second-order valence-corrected chi connectivity index (χ2v) is 6.85. The zero-order valence-corrected chi connectivity index (χ0v) is 16.9. The van der Waals surface area contributed by atoms with Gasteiger partial charge < -0.3 is 25.0 Å². The van der Waals surface area contributed by atoms with E-state index in [4.69, 9.17) is 9.47 Å². The molecule has 1 amide bonds. The molecule has 0 aromatic heterocycles. The van der Waals surface area contributed by atoms with Crippen LogP contribution >= 0.6 is 0 Å². The average molecular weight is 421 g/mol. The highest BCUT2D eigenvalue weighted by Crippen LogP contribution is 2.37. The topological polar surface area (TPSA) is 105 Å². The molecule has 0 bridgehead atoms. The SMILES string of the molecule is COc1cccc(O)c1-c1ccc(C[C@H](NC(=O)OCc2ccccc2)C(=O)O)cc1. The number of methoxy groups -OCH3 is 1. The van der Waals surface area contributed by atoms with Crippen molar-refractivity contribution in [2.24, 2.45) is 0 Å². The summed E-state index contributed by atoms with van der Waals surface area (Å²) in [4.78, 5) is 23.6. The Morgan fingerprint density at radius 1 is 0.935 bits per heavy atom. The molecule has 0 heterocycles. The van der Waals surface area contributed by atoms with Crippen LogP contribution in [0.15, 0.2) is 72.8 Å². The molecule has 3 rings (SSSR count). The fourth-order valence-corrected chi connectivity index (χ4v) is 3.13. The summed E-state index contributed by atoms with van der Waals surface area (Å²) < 4.78 is 10.4. The van der Waals surface area contributed by atoms with E-state index in [0.29, 0.717) is 16.9 Å². The number of ether oxygens (including phenoxy) is 2. The van der Waals surface area contributed by atoms with E-state index in [2.05, 4.69) is 5.32 Å². The van der Waals surface area contributed by atoms with Crippen LogP contribution in [0.5, 0.6) is 11.5 Å². The molecule has 0 aliphatic rings. The third kappa shape index (κ3) is 5.76. The first kappa shape index (κ1) is 21.7. The third-order valence-electron chi connectivity index (χ3n) is 4.71. The zero-order chi connectivity index (χ0) is 22.2. The molecule has 0 saturated heterocycles. The minimum absolute atomic E-state index is 0.0517. The summed E-state index contributed by atoms with van der Waals surface area (Å²) in [5, 5.41) is 22.1. The Kier molecular flexibility index (Phi) is 7.11. The molecule has 7 nitrogen and oxygen atoms in total. The Hall–Kier alpha value is -4.00. The molecule has 0 saturated carbocycles. The van der Waals surface area contributed by atoms with Gasteiger partial charge in [-0.2, -0.15) is 0 Å². The summed E-state index contributed by atoms with van der Waals surface area (Å²) >= 11 is 0. The van der Waals surface area contributed by atoms with Crippen molar-refractivity contribution in [2.45, 2.75) is 19.1 Å². The van der Waals surface area contributed by atoms with E-state index in [1.807, 2.05) is 30.3 Å². The summed E-state index contributed by atoms with van der Waals surface area (Å²) in [6.45, 7) is 0.0517. The van der Waals surface area contributed by atoms with E-state index in [9.17, 15) is 19.8 Å². The van der Waals surface area contributed by atoms with Gasteiger partial charge in [0.15, 0.2) is 0 Å². The molecule has 0 radical (unpaired) electrons. The molecule has 3 aromatic carbocycles. The first-order chi connectivity index (χ1) is 15.0. The van der Waals surface area contributed by atoms with E-state index < -0.39 is 18.1 Å². The van der Waals surface area contributed by atoms with Crippen LogP contribution in [0.3, 0.4) is 0 Å². The minimum atomic E-state index is -1.16. The second kappa shape index (κ2) is 10.2. The fraction of sp³-hybridized carbons (Fsp3) is 0.167. The van der Waals surface area contributed by atoms with Gasteiger partial charge in [0.05, 0.1) is 12.7 Å². The van der Waals surface area contributed by atoms with E-state index in [1.54, 1.807) is 42.5 Å². The highest BCUT2D eigenvalue weighted by atomic mass is 16.5. The van der Waals surface area contributed by atoms with Gasteiger partial charge in [-0.3, -0.25) is 0 Å². The third-order valence-corrected chi connectivity index (χ3v) is 4.71. The van der Waals surface area contributed by atoms with Gasteiger partial charge in [0, 0.05) is 6.42 Å². The molecule has 31 heavy (non-hydrogen) atoms. The van der Waals surface area contributed by atoms with Gasteiger partial charge in [0.2, 0.25) is 0 Å². The van der Waals surface area contributed by atoms with Gasteiger partial charge >= 0.3 is 12.1 Å². The predicted molar refractivity (Wildman–Crippen MR) is 115 cm³/mol. The lowest BCUT2D eigenvalue weighted by Crippen LogP contribution is -2.42. The number of alkyl carbamates (subject to hydrolysis) is 1. The van der Waals surface area contributed by atoms with Crippen LogP contribution in [0.25, 0.3) is 11.1 Å². The van der Waals surface area contributed by atoms with E-state index >= 15 is 0 Å². The number of amides is 1. The number of aliphatic carboxylic acids is 1. The number of carboxylic acids is 1. The molecule has 0 spiro atoms. The highest BCUT2D eigenvalue weighted by molar-refractivity contribution is 5.80. The summed E-state index contributed by atoms with van der Waals surface area (Å²) in [7, 11) is 1.52. The van der Waals surface area contributed by atoms with Crippen molar-refractivity contribution in [2.75, 3.05) is 7.11 Å². The van der Waals surface area contributed by atoms with E-state index in [1.165, 1.54) is 7.11 Å². The van der Waals surface area contributed by atoms with Gasteiger partial charge in [0.1, 0.15) is 24.1 Å². The lowest BCUT2D eigenvalue weighted by Gasteiger charge is -2.15. The molecule has 160 valence electrons.